The number of anilines is 1. The fourth-order valence-corrected chi connectivity index (χ4v) is 7.27. The Bertz CT molecular complexity index is 2060. The Labute approximate surface area is 267 Å². The summed E-state index contributed by atoms with van der Waals surface area (Å²) < 4.78 is 5.39. The number of Topliss-reactive ketones (excluding diaryl/α,β-unsaturated/α-hetero) is 1. The normalized spacial score (nSPS) is 21.5. The van der Waals surface area contributed by atoms with Gasteiger partial charge in [-0.15, -0.1) is 0 Å². The second kappa shape index (κ2) is 11.0. The lowest BCUT2D eigenvalue weighted by Gasteiger charge is -2.19. The maximum absolute atomic E-state index is 13.4. The molecule has 1 aliphatic heterocycles. The number of pyridine rings is 1. The summed E-state index contributed by atoms with van der Waals surface area (Å²) in [5.41, 5.74) is 3.73. The third-order valence-electron chi connectivity index (χ3n) is 9.40. The van der Waals surface area contributed by atoms with Crippen LogP contribution in [0.25, 0.3) is 22.2 Å². The van der Waals surface area contributed by atoms with Gasteiger partial charge in [-0.05, 0) is 61.9 Å². The number of allylic oxidation sites excluding steroid dienone is 2. The molecule has 2 amide bonds. The Hall–Kier alpha value is -5.22. The van der Waals surface area contributed by atoms with Crippen molar-refractivity contribution in [2.75, 3.05) is 11.5 Å². The third-order valence-corrected chi connectivity index (χ3v) is 9.81. The van der Waals surface area contributed by atoms with Crippen LogP contribution in [0.2, 0.25) is 5.02 Å². The van der Waals surface area contributed by atoms with Crippen LogP contribution in [0.3, 0.4) is 0 Å². The average Bonchev–Trinajstić information content (AvgIpc) is 3.70. The minimum absolute atomic E-state index is 0.0441. The van der Waals surface area contributed by atoms with E-state index in [-0.39, 0.29) is 52.3 Å². The highest BCUT2D eigenvalue weighted by Crippen LogP contribution is 2.56. The maximum Gasteiger partial charge on any atom is 0.339 e. The van der Waals surface area contributed by atoms with Crippen LogP contribution in [0.15, 0.2) is 78.4 Å². The second-order valence-corrected chi connectivity index (χ2v) is 12.4. The molecule has 0 N–H and O–H groups in total. The Morgan fingerprint density at radius 1 is 1.02 bits per heavy atom. The van der Waals surface area contributed by atoms with Crippen LogP contribution in [-0.4, -0.2) is 40.1 Å². The number of nitrogens with zero attached hydrogens (tertiary/aromatic N) is 3. The molecule has 2 fully saturated rings. The van der Waals surface area contributed by atoms with Crippen molar-refractivity contribution in [3.8, 4) is 11.3 Å². The number of amides is 2. The molecule has 11 heteroatoms. The van der Waals surface area contributed by atoms with Crippen molar-refractivity contribution in [2.45, 2.75) is 20.3 Å². The van der Waals surface area contributed by atoms with Crippen LogP contribution < -0.4 is 4.90 Å². The number of hydrogen-bond donors (Lipinski definition) is 0. The summed E-state index contributed by atoms with van der Waals surface area (Å²) in [5.74, 6) is -2.12. The molecule has 1 saturated heterocycles. The molecule has 4 atom stereocenters. The Morgan fingerprint density at radius 3 is 2.50 bits per heavy atom. The molecular formula is C35H26ClN3O7. The number of hydrogen-bond acceptors (Lipinski definition) is 8. The van der Waals surface area contributed by atoms with E-state index >= 15 is 0 Å². The van der Waals surface area contributed by atoms with Gasteiger partial charge in [0.15, 0.2) is 6.61 Å². The summed E-state index contributed by atoms with van der Waals surface area (Å²) in [7, 11) is 0. The standard InChI is InChI=1S/C35H26ClN3O7/c1-17-12-21-14-25(17)31-30(21)33(41)38(34(31)42)22-8-6-19(7-9-22)28-15-26(24-10-11-27(36)18(2)32(24)37-28)35(43)46-16-29(40)20-4-3-5-23(13-20)39(44)45/h3-13,15,21,25,30-31H,14,16H2,1-2H3. The Balaban J connectivity index is 1.17. The fourth-order valence-electron chi connectivity index (χ4n) is 7.12. The van der Waals surface area contributed by atoms with Gasteiger partial charge in [0, 0.05) is 33.7 Å². The van der Waals surface area contributed by atoms with Gasteiger partial charge in [0.05, 0.1) is 39.2 Å². The van der Waals surface area contributed by atoms with Crippen molar-refractivity contribution >= 4 is 57.4 Å². The number of rotatable bonds is 7. The molecule has 1 aromatic heterocycles. The number of halogens is 1. The number of carbonyl (C=O) groups is 4. The van der Waals surface area contributed by atoms with Gasteiger partial charge < -0.3 is 4.74 Å². The summed E-state index contributed by atoms with van der Waals surface area (Å²) in [5, 5.41) is 12.0. The van der Waals surface area contributed by atoms with Crippen molar-refractivity contribution in [2.24, 2.45) is 23.7 Å². The number of imide groups is 1. The summed E-state index contributed by atoms with van der Waals surface area (Å²) >= 11 is 6.40. The number of aromatic nitrogens is 1. The van der Waals surface area contributed by atoms with Gasteiger partial charge in [-0.3, -0.25) is 29.4 Å². The molecule has 2 heterocycles. The Morgan fingerprint density at radius 2 is 1.76 bits per heavy atom. The number of carbonyl (C=O) groups excluding carboxylic acids is 4. The number of aryl methyl sites for hydroxylation is 1. The molecule has 4 aromatic rings. The van der Waals surface area contributed by atoms with E-state index in [1.54, 1.807) is 49.4 Å². The summed E-state index contributed by atoms with van der Waals surface area (Å²) in [6.07, 6.45) is 2.99. The van der Waals surface area contributed by atoms with Gasteiger partial charge >= 0.3 is 5.97 Å². The zero-order chi connectivity index (χ0) is 32.4. The lowest BCUT2D eigenvalue weighted by Crippen LogP contribution is -2.32. The molecule has 2 bridgehead atoms. The lowest BCUT2D eigenvalue weighted by molar-refractivity contribution is -0.384. The van der Waals surface area contributed by atoms with Crippen molar-refractivity contribution in [1.29, 1.82) is 0 Å². The molecule has 0 radical (unpaired) electrons. The highest BCUT2D eigenvalue weighted by Gasteiger charge is 2.60. The number of benzene rings is 3. The van der Waals surface area contributed by atoms with Crippen LogP contribution in [0.5, 0.6) is 0 Å². The summed E-state index contributed by atoms with van der Waals surface area (Å²) in [4.78, 5) is 69.5. The number of ketones is 1. The van der Waals surface area contributed by atoms with E-state index in [0.29, 0.717) is 38.4 Å². The zero-order valence-corrected chi connectivity index (χ0v) is 25.5. The SMILES string of the molecule is CC1=CC2CC1C1C(=O)N(c3ccc(-c4cc(C(=O)OCC(=O)c5cccc([N+](=O)[O-])c5)c5ccc(Cl)c(C)c5n4)cc3)C(=O)C21. The van der Waals surface area contributed by atoms with E-state index in [0.717, 1.165) is 12.5 Å². The van der Waals surface area contributed by atoms with Crippen LogP contribution in [-0.2, 0) is 14.3 Å². The molecule has 4 unspecified atom stereocenters. The largest absolute Gasteiger partial charge is 0.454 e. The molecule has 3 aliphatic rings. The topological polar surface area (TPSA) is 137 Å². The minimum atomic E-state index is -0.788. The molecule has 0 spiro atoms. The van der Waals surface area contributed by atoms with Crippen LogP contribution in [0, 0.1) is 40.7 Å². The van der Waals surface area contributed by atoms with E-state index in [9.17, 15) is 29.3 Å². The first kappa shape index (κ1) is 29.5. The molecule has 10 nitrogen and oxygen atoms in total. The van der Waals surface area contributed by atoms with Crippen LogP contribution >= 0.6 is 11.6 Å². The molecule has 2 aliphatic carbocycles. The minimum Gasteiger partial charge on any atom is -0.454 e. The van der Waals surface area contributed by atoms with Crippen molar-refractivity contribution in [1.82, 2.24) is 4.98 Å². The Kier molecular flexibility index (Phi) is 7.05. The molecule has 1 saturated carbocycles. The highest BCUT2D eigenvalue weighted by atomic mass is 35.5. The summed E-state index contributed by atoms with van der Waals surface area (Å²) in [6, 6.07) is 16.9. The van der Waals surface area contributed by atoms with Gasteiger partial charge in [-0.2, -0.15) is 0 Å². The first-order valence-corrected chi connectivity index (χ1v) is 15.1. The molecule has 46 heavy (non-hydrogen) atoms. The van der Waals surface area contributed by atoms with Crippen molar-refractivity contribution in [3.63, 3.8) is 0 Å². The number of non-ortho nitro benzene ring substituents is 1. The number of fused-ring (bicyclic) bond motifs is 6. The fraction of sp³-hybridized carbons (Fsp3) is 0.229. The molecular weight excluding hydrogens is 610 g/mol. The molecule has 3 aromatic carbocycles. The monoisotopic (exact) mass is 635 g/mol. The zero-order valence-electron chi connectivity index (χ0n) is 24.7. The average molecular weight is 636 g/mol. The first-order valence-electron chi connectivity index (χ1n) is 14.7. The van der Waals surface area contributed by atoms with Gasteiger partial charge in [0.25, 0.3) is 5.69 Å². The van der Waals surface area contributed by atoms with E-state index in [2.05, 4.69) is 6.08 Å². The van der Waals surface area contributed by atoms with E-state index in [4.69, 9.17) is 21.3 Å². The van der Waals surface area contributed by atoms with Crippen LogP contribution in [0.1, 0.15) is 39.6 Å². The van der Waals surface area contributed by atoms with Crippen molar-refractivity contribution < 1.29 is 28.8 Å². The van der Waals surface area contributed by atoms with E-state index < -0.39 is 23.3 Å². The van der Waals surface area contributed by atoms with Crippen molar-refractivity contribution in [3.05, 3.63) is 110 Å². The van der Waals surface area contributed by atoms with E-state index in [1.807, 2.05) is 6.92 Å². The smallest absolute Gasteiger partial charge is 0.339 e. The van der Waals surface area contributed by atoms with Gasteiger partial charge in [0.2, 0.25) is 17.6 Å². The lowest BCUT2D eigenvalue weighted by atomic mass is 9.82. The van der Waals surface area contributed by atoms with Gasteiger partial charge in [-0.25, -0.2) is 9.78 Å². The summed E-state index contributed by atoms with van der Waals surface area (Å²) in [6.45, 7) is 3.18. The van der Waals surface area contributed by atoms with E-state index in [1.165, 1.54) is 28.7 Å². The third kappa shape index (κ3) is 4.68. The van der Waals surface area contributed by atoms with Crippen LogP contribution in [0.4, 0.5) is 11.4 Å². The number of esters is 1. The molecule has 7 rings (SSSR count). The predicted molar refractivity (Wildman–Crippen MR) is 169 cm³/mol. The van der Waals surface area contributed by atoms with Gasteiger partial charge in [-0.1, -0.05) is 53.6 Å². The first-order chi connectivity index (χ1) is 22.0. The number of ether oxygens (including phenoxy) is 1. The highest BCUT2D eigenvalue weighted by molar-refractivity contribution is 6.32. The second-order valence-electron chi connectivity index (χ2n) is 12.0. The quantitative estimate of drug-likeness (QED) is 0.0559. The maximum atomic E-state index is 13.4. The number of nitro groups is 1. The molecule has 230 valence electrons. The number of nitro benzene ring substituents is 1. The van der Waals surface area contributed by atoms with Gasteiger partial charge in [0.1, 0.15) is 0 Å². The predicted octanol–water partition coefficient (Wildman–Crippen LogP) is 6.51.